The van der Waals surface area contributed by atoms with Crippen LogP contribution in [0.4, 0.5) is 0 Å². The Morgan fingerprint density at radius 2 is 1.67 bits per heavy atom. The van der Waals surface area contributed by atoms with Crippen molar-refractivity contribution in [3.05, 3.63) is 17.7 Å². The second kappa shape index (κ2) is 7.16. The highest BCUT2D eigenvalue weighted by Crippen LogP contribution is 2.37. The fourth-order valence-corrected chi connectivity index (χ4v) is 2.45. The highest BCUT2D eigenvalue weighted by atomic mass is 32.2. The average molecular weight is 316 g/mol. The molecule has 0 amide bonds. The normalized spacial score (nSPS) is 13.6. The molecule has 2 atom stereocenters. The van der Waals surface area contributed by atoms with Gasteiger partial charge in [-0.3, -0.25) is 9.59 Å². The Bertz CT molecular complexity index is 551. The van der Waals surface area contributed by atoms with Crippen molar-refractivity contribution >= 4 is 23.7 Å². The summed E-state index contributed by atoms with van der Waals surface area (Å²) >= 11 is 0.943. The van der Waals surface area contributed by atoms with Crippen LogP contribution in [-0.2, 0) is 16.0 Å². The van der Waals surface area contributed by atoms with Gasteiger partial charge in [-0.25, -0.2) is 0 Å². The minimum Gasteiger partial charge on any atom is -0.504 e. The molecule has 0 bridgehead atoms. The molecule has 116 valence electrons. The maximum absolute atomic E-state index is 10.7. The van der Waals surface area contributed by atoms with Crippen LogP contribution in [0.15, 0.2) is 17.0 Å². The number of rotatable bonds is 7. The number of carbonyl (C=O) groups is 2. The average Bonchev–Trinajstić information content (AvgIpc) is 2.40. The van der Waals surface area contributed by atoms with Gasteiger partial charge in [-0.15, -0.1) is 11.8 Å². The molecule has 0 fully saturated rings. The van der Waals surface area contributed by atoms with E-state index in [2.05, 4.69) is 0 Å². The van der Waals surface area contributed by atoms with E-state index in [1.807, 2.05) is 0 Å². The van der Waals surface area contributed by atoms with Crippen molar-refractivity contribution in [2.24, 2.45) is 11.5 Å². The standard InChI is InChI=1S/C12H16N2O6S/c13-6(11(17)18)1-5-2-8(15)10(16)9(3-5)21-4-7(14)12(19)20/h2-3,6-7,15-16H,1,4,13-14H2,(H,17,18)(H,19,20)/t6-,7+/m1/s1. The second-order valence-electron chi connectivity index (χ2n) is 4.37. The molecular formula is C12H16N2O6S. The predicted octanol–water partition coefficient (Wildman–Crippen LogP) is -0.444. The first-order valence-electron chi connectivity index (χ1n) is 5.86. The number of benzene rings is 1. The molecule has 9 heteroatoms. The first kappa shape index (κ1) is 17.1. The molecule has 1 aromatic carbocycles. The van der Waals surface area contributed by atoms with Crippen LogP contribution < -0.4 is 11.5 Å². The van der Waals surface area contributed by atoms with E-state index in [0.29, 0.717) is 5.56 Å². The van der Waals surface area contributed by atoms with Gasteiger partial charge in [0.05, 0.1) is 4.90 Å². The van der Waals surface area contributed by atoms with Crippen molar-refractivity contribution in [2.45, 2.75) is 23.4 Å². The van der Waals surface area contributed by atoms with Crippen LogP contribution in [-0.4, -0.2) is 50.2 Å². The minimum absolute atomic E-state index is 0.0171. The third kappa shape index (κ3) is 4.81. The number of carboxylic acids is 2. The number of carboxylic acid groups (broad SMARTS) is 2. The van der Waals surface area contributed by atoms with Gasteiger partial charge in [-0.1, -0.05) is 0 Å². The fraction of sp³-hybridized carbons (Fsp3) is 0.333. The van der Waals surface area contributed by atoms with Gasteiger partial charge >= 0.3 is 11.9 Å². The van der Waals surface area contributed by atoms with Crippen molar-refractivity contribution in [1.29, 1.82) is 0 Å². The van der Waals surface area contributed by atoms with Crippen LogP contribution in [0.3, 0.4) is 0 Å². The van der Waals surface area contributed by atoms with Gasteiger partial charge in [-0.05, 0) is 24.1 Å². The number of hydrogen-bond donors (Lipinski definition) is 6. The van der Waals surface area contributed by atoms with Crippen LogP contribution in [0.2, 0.25) is 0 Å². The predicted molar refractivity (Wildman–Crippen MR) is 75.4 cm³/mol. The van der Waals surface area contributed by atoms with Gasteiger partial charge in [0.15, 0.2) is 11.5 Å². The number of phenols is 2. The molecule has 21 heavy (non-hydrogen) atoms. The van der Waals surface area contributed by atoms with E-state index in [-0.39, 0.29) is 17.1 Å². The Kier molecular flexibility index (Phi) is 5.82. The van der Waals surface area contributed by atoms with Crippen LogP contribution in [0.25, 0.3) is 0 Å². The molecule has 1 aromatic rings. The van der Waals surface area contributed by atoms with Gasteiger partial charge in [-0.2, -0.15) is 0 Å². The summed E-state index contributed by atoms with van der Waals surface area (Å²) in [6.07, 6.45) is -0.0400. The maximum atomic E-state index is 10.7. The molecule has 0 aliphatic rings. The Hall–Kier alpha value is -1.97. The van der Waals surface area contributed by atoms with Crippen molar-refractivity contribution in [3.8, 4) is 11.5 Å². The highest BCUT2D eigenvalue weighted by Gasteiger charge is 2.18. The monoisotopic (exact) mass is 316 g/mol. The third-order valence-electron chi connectivity index (χ3n) is 2.62. The quantitative estimate of drug-likeness (QED) is 0.288. The van der Waals surface area contributed by atoms with E-state index in [0.717, 1.165) is 11.8 Å². The molecule has 0 unspecified atom stereocenters. The summed E-state index contributed by atoms with van der Waals surface area (Å²) in [4.78, 5) is 21.5. The van der Waals surface area contributed by atoms with Gasteiger partial charge in [0.25, 0.3) is 0 Å². The number of thioether (sulfide) groups is 1. The first-order valence-corrected chi connectivity index (χ1v) is 6.85. The lowest BCUT2D eigenvalue weighted by Gasteiger charge is -2.12. The zero-order valence-corrected chi connectivity index (χ0v) is 11.7. The molecule has 8 nitrogen and oxygen atoms in total. The molecule has 0 aliphatic carbocycles. The van der Waals surface area contributed by atoms with E-state index < -0.39 is 35.5 Å². The molecule has 0 radical (unpaired) electrons. The fourth-order valence-electron chi connectivity index (χ4n) is 1.47. The van der Waals surface area contributed by atoms with E-state index in [1.54, 1.807) is 0 Å². The molecule has 0 heterocycles. The van der Waals surface area contributed by atoms with Crippen molar-refractivity contribution < 1.29 is 30.0 Å². The molecule has 8 N–H and O–H groups in total. The summed E-state index contributed by atoms with van der Waals surface area (Å²) in [6, 6.07) is 0.380. The van der Waals surface area contributed by atoms with Crippen LogP contribution >= 0.6 is 11.8 Å². The van der Waals surface area contributed by atoms with Crippen LogP contribution in [0, 0.1) is 0 Å². The van der Waals surface area contributed by atoms with Crippen LogP contribution in [0.1, 0.15) is 5.56 Å². The number of nitrogens with two attached hydrogens (primary N) is 2. The van der Waals surface area contributed by atoms with Gasteiger partial charge < -0.3 is 31.9 Å². The molecule has 0 spiro atoms. The van der Waals surface area contributed by atoms with Crippen molar-refractivity contribution in [2.75, 3.05) is 5.75 Å². The number of hydrogen-bond acceptors (Lipinski definition) is 7. The topological polar surface area (TPSA) is 167 Å². The Labute approximate surface area is 124 Å². The smallest absolute Gasteiger partial charge is 0.321 e. The molecule has 0 aliphatic heterocycles. The Morgan fingerprint density at radius 3 is 2.19 bits per heavy atom. The second-order valence-corrected chi connectivity index (χ2v) is 5.43. The van der Waals surface area contributed by atoms with E-state index in [1.165, 1.54) is 12.1 Å². The number of aromatic hydroxyl groups is 2. The Morgan fingerprint density at radius 1 is 1.10 bits per heavy atom. The summed E-state index contributed by atoms with van der Waals surface area (Å²) in [5.41, 5.74) is 11.2. The summed E-state index contributed by atoms with van der Waals surface area (Å²) < 4.78 is 0. The highest BCUT2D eigenvalue weighted by molar-refractivity contribution is 7.99. The molecule has 0 saturated carbocycles. The Balaban J connectivity index is 2.90. The number of aliphatic carboxylic acids is 2. The maximum Gasteiger partial charge on any atom is 0.321 e. The van der Waals surface area contributed by atoms with Gasteiger partial charge in [0.2, 0.25) is 0 Å². The lowest BCUT2D eigenvalue weighted by molar-refractivity contribution is -0.139. The SMILES string of the molecule is N[C@H](Cc1cc(O)c(O)c(SC[C@H](N)C(=O)O)c1)C(=O)O. The summed E-state index contributed by atoms with van der Waals surface area (Å²) in [6.45, 7) is 0. The number of phenolic OH excluding ortho intramolecular Hbond substituents is 2. The molecule has 0 saturated heterocycles. The zero-order valence-electron chi connectivity index (χ0n) is 10.9. The minimum atomic E-state index is -1.19. The van der Waals surface area contributed by atoms with Crippen molar-refractivity contribution in [1.82, 2.24) is 0 Å². The lowest BCUT2D eigenvalue weighted by atomic mass is 10.1. The van der Waals surface area contributed by atoms with Gasteiger partial charge in [0.1, 0.15) is 12.1 Å². The van der Waals surface area contributed by atoms with Crippen LogP contribution in [0.5, 0.6) is 11.5 Å². The summed E-state index contributed by atoms with van der Waals surface area (Å²) in [5.74, 6) is -3.24. The lowest BCUT2D eigenvalue weighted by Crippen LogP contribution is -2.32. The van der Waals surface area contributed by atoms with Crippen molar-refractivity contribution in [3.63, 3.8) is 0 Å². The molecule has 0 aromatic heterocycles. The summed E-state index contributed by atoms with van der Waals surface area (Å²) in [7, 11) is 0. The third-order valence-corrected chi connectivity index (χ3v) is 3.77. The molecular weight excluding hydrogens is 300 g/mol. The van der Waals surface area contributed by atoms with E-state index in [4.69, 9.17) is 21.7 Å². The largest absolute Gasteiger partial charge is 0.504 e. The zero-order chi connectivity index (χ0) is 16.2. The molecule has 1 rings (SSSR count). The first-order chi connectivity index (χ1) is 9.72. The summed E-state index contributed by atoms with van der Waals surface area (Å²) in [5, 5.41) is 36.8. The van der Waals surface area contributed by atoms with E-state index in [9.17, 15) is 19.8 Å². The van der Waals surface area contributed by atoms with E-state index >= 15 is 0 Å². The van der Waals surface area contributed by atoms with Gasteiger partial charge in [0, 0.05) is 5.75 Å².